The molecule has 2 saturated carbocycles. The largest absolute Gasteiger partial charge is 0.481 e. The second-order valence-corrected chi connectivity index (χ2v) is 7.07. The molecule has 1 N–H and O–H groups in total. The number of carbonyl (C=O) groups excluding carboxylic acids is 1. The summed E-state index contributed by atoms with van der Waals surface area (Å²) in [6.45, 7) is 0.757. The molecule has 2 atom stereocenters. The number of hydrogen-bond donors (Lipinski definition) is 1. The molecular formula is C16H28N2O3. The number of carboxylic acids is 1. The Morgan fingerprint density at radius 2 is 1.71 bits per heavy atom. The highest BCUT2D eigenvalue weighted by atomic mass is 16.4. The first-order chi connectivity index (χ1) is 9.85. The SMILES string of the molecule is CN(CC1(N(C)C)CCC1)C(=O)C1CCCC(C(=O)O)C1. The fraction of sp³-hybridized carbons (Fsp3) is 0.875. The Balaban J connectivity index is 1.94. The van der Waals surface area contributed by atoms with Crippen LogP contribution < -0.4 is 0 Å². The average molecular weight is 296 g/mol. The molecule has 2 rings (SSSR count). The molecule has 0 spiro atoms. The Labute approximate surface area is 127 Å². The van der Waals surface area contributed by atoms with Gasteiger partial charge in [-0.2, -0.15) is 0 Å². The van der Waals surface area contributed by atoms with E-state index in [1.807, 2.05) is 11.9 Å². The summed E-state index contributed by atoms with van der Waals surface area (Å²) in [5.74, 6) is -1.07. The molecule has 0 radical (unpaired) electrons. The first-order valence-corrected chi connectivity index (χ1v) is 8.01. The molecule has 0 bridgehead atoms. The number of carboxylic acid groups (broad SMARTS) is 1. The summed E-state index contributed by atoms with van der Waals surface area (Å²) in [5, 5.41) is 9.15. The third kappa shape index (κ3) is 3.39. The van der Waals surface area contributed by atoms with Crippen molar-refractivity contribution in [3.63, 3.8) is 0 Å². The second kappa shape index (κ2) is 6.34. The van der Waals surface area contributed by atoms with E-state index in [9.17, 15) is 9.59 Å². The molecule has 5 heteroatoms. The van der Waals surface area contributed by atoms with Crippen LogP contribution in [0.25, 0.3) is 0 Å². The van der Waals surface area contributed by atoms with Gasteiger partial charge in [-0.1, -0.05) is 6.42 Å². The number of likely N-dealkylation sites (N-methyl/N-ethyl adjacent to an activating group) is 2. The Morgan fingerprint density at radius 3 is 2.19 bits per heavy atom. The predicted octanol–water partition coefficient (Wildman–Crippen LogP) is 1.82. The normalized spacial score (nSPS) is 28.0. The molecule has 0 aromatic rings. The lowest BCUT2D eigenvalue weighted by molar-refractivity contribution is -0.145. The molecule has 0 saturated heterocycles. The van der Waals surface area contributed by atoms with Crippen molar-refractivity contribution in [1.82, 2.24) is 9.80 Å². The molecule has 0 aromatic heterocycles. The van der Waals surface area contributed by atoms with Crippen LogP contribution in [0.5, 0.6) is 0 Å². The molecule has 2 fully saturated rings. The van der Waals surface area contributed by atoms with Crippen LogP contribution in [0, 0.1) is 11.8 Å². The lowest BCUT2D eigenvalue weighted by Crippen LogP contribution is -2.58. The summed E-state index contributed by atoms with van der Waals surface area (Å²) in [5.41, 5.74) is 0.130. The van der Waals surface area contributed by atoms with E-state index in [2.05, 4.69) is 19.0 Å². The summed E-state index contributed by atoms with van der Waals surface area (Å²) in [7, 11) is 6.04. The highest BCUT2D eigenvalue weighted by molar-refractivity contribution is 5.80. The fourth-order valence-electron chi connectivity index (χ4n) is 3.80. The predicted molar refractivity (Wildman–Crippen MR) is 81.0 cm³/mol. The first-order valence-electron chi connectivity index (χ1n) is 8.01. The van der Waals surface area contributed by atoms with Gasteiger partial charge in [0.2, 0.25) is 5.91 Å². The lowest BCUT2D eigenvalue weighted by Gasteiger charge is -2.49. The van der Waals surface area contributed by atoms with Gasteiger partial charge in [-0.25, -0.2) is 0 Å². The molecule has 0 aromatic carbocycles. The quantitative estimate of drug-likeness (QED) is 0.840. The zero-order valence-corrected chi connectivity index (χ0v) is 13.5. The Bertz CT molecular complexity index is 404. The van der Waals surface area contributed by atoms with Crippen LogP contribution >= 0.6 is 0 Å². The van der Waals surface area contributed by atoms with Crippen molar-refractivity contribution in [3.8, 4) is 0 Å². The van der Waals surface area contributed by atoms with Gasteiger partial charge in [0, 0.05) is 25.0 Å². The lowest BCUT2D eigenvalue weighted by atomic mass is 9.75. The molecule has 21 heavy (non-hydrogen) atoms. The van der Waals surface area contributed by atoms with Crippen LogP contribution in [0.15, 0.2) is 0 Å². The van der Waals surface area contributed by atoms with E-state index in [0.29, 0.717) is 12.8 Å². The van der Waals surface area contributed by atoms with Gasteiger partial charge in [-0.15, -0.1) is 0 Å². The zero-order valence-electron chi connectivity index (χ0n) is 13.5. The van der Waals surface area contributed by atoms with Crippen LogP contribution in [-0.2, 0) is 9.59 Å². The topological polar surface area (TPSA) is 60.9 Å². The minimum Gasteiger partial charge on any atom is -0.481 e. The van der Waals surface area contributed by atoms with Gasteiger partial charge in [0.05, 0.1) is 5.92 Å². The van der Waals surface area contributed by atoms with Gasteiger partial charge in [-0.3, -0.25) is 9.59 Å². The molecule has 5 nitrogen and oxygen atoms in total. The first kappa shape index (κ1) is 16.3. The van der Waals surface area contributed by atoms with Crippen molar-refractivity contribution in [2.24, 2.45) is 11.8 Å². The van der Waals surface area contributed by atoms with Crippen molar-refractivity contribution in [3.05, 3.63) is 0 Å². The molecule has 120 valence electrons. The van der Waals surface area contributed by atoms with Gasteiger partial charge in [0.1, 0.15) is 0 Å². The maximum absolute atomic E-state index is 12.6. The van der Waals surface area contributed by atoms with E-state index >= 15 is 0 Å². The molecule has 0 aliphatic heterocycles. The third-order valence-electron chi connectivity index (χ3n) is 5.51. The number of nitrogens with zero attached hydrogens (tertiary/aromatic N) is 2. The molecule has 2 aliphatic rings. The standard InChI is InChI=1S/C16H28N2O3/c1-17(2)16(8-5-9-16)11-18(3)14(19)12-6-4-7-13(10-12)15(20)21/h12-13H,4-11H2,1-3H3,(H,20,21). The summed E-state index contributed by atoms with van der Waals surface area (Å²) in [4.78, 5) is 27.8. The summed E-state index contributed by atoms with van der Waals surface area (Å²) in [6.07, 6.45) is 6.41. The molecule has 2 aliphatic carbocycles. The fourth-order valence-corrected chi connectivity index (χ4v) is 3.80. The van der Waals surface area contributed by atoms with Crippen molar-refractivity contribution >= 4 is 11.9 Å². The van der Waals surface area contributed by atoms with E-state index in [0.717, 1.165) is 32.2 Å². The van der Waals surface area contributed by atoms with Crippen molar-refractivity contribution < 1.29 is 14.7 Å². The second-order valence-electron chi connectivity index (χ2n) is 7.07. The van der Waals surface area contributed by atoms with Gasteiger partial charge in [0.15, 0.2) is 0 Å². The summed E-state index contributed by atoms with van der Waals surface area (Å²) < 4.78 is 0. The van der Waals surface area contributed by atoms with Crippen molar-refractivity contribution in [1.29, 1.82) is 0 Å². The van der Waals surface area contributed by atoms with E-state index in [1.54, 1.807) is 0 Å². The summed E-state index contributed by atoms with van der Waals surface area (Å²) in [6, 6.07) is 0. The minimum atomic E-state index is -0.751. The number of carbonyl (C=O) groups is 2. The smallest absolute Gasteiger partial charge is 0.306 e. The van der Waals surface area contributed by atoms with E-state index < -0.39 is 5.97 Å². The maximum atomic E-state index is 12.6. The number of aliphatic carboxylic acids is 1. The Hall–Kier alpha value is -1.10. The number of hydrogen-bond acceptors (Lipinski definition) is 3. The van der Waals surface area contributed by atoms with Gasteiger partial charge in [0.25, 0.3) is 0 Å². The van der Waals surface area contributed by atoms with Crippen LogP contribution in [0.3, 0.4) is 0 Å². The molecule has 1 amide bonds. The van der Waals surface area contributed by atoms with Crippen LogP contribution in [0.1, 0.15) is 44.9 Å². The van der Waals surface area contributed by atoms with E-state index in [1.165, 1.54) is 6.42 Å². The van der Waals surface area contributed by atoms with Gasteiger partial charge in [-0.05, 0) is 52.6 Å². The van der Waals surface area contributed by atoms with Crippen LogP contribution in [0.4, 0.5) is 0 Å². The van der Waals surface area contributed by atoms with E-state index in [4.69, 9.17) is 5.11 Å². The Kier molecular flexibility index (Phi) is 4.91. The third-order valence-corrected chi connectivity index (χ3v) is 5.51. The highest BCUT2D eigenvalue weighted by Crippen LogP contribution is 2.37. The van der Waals surface area contributed by atoms with Crippen molar-refractivity contribution in [2.45, 2.75) is 50.5 Å². The monoisotopic (exact) mass is 296 g/mol. The molecule has 0 heterocycles. The number of amides is 1. The highest BCUT2D eigenvalue weighted by Gasteiger charge is 2.42. The van der Waals surface area contributed by atoms with Gasteiger partial charge >= 0.3 is 5.97 Å². The zero-order chi connectivity index (χ0) is 15.6. The van der Waals surface area contributed by atoms with Gasteiger partial charge < -0.3 is 14.9 Å². The maximum Gasteiger partial charge on any atom is 0.306 e. The molecule has 2 unspecified atom stereocenters. The van der Waals surface area contributed by atoms with Crippen LogP contribution in [0.2, 0.25) is 0 Å². The Morgan fingerprint density at radius 1 is 1.10 bits per heavy atom. The van der Waals surface area contributed by atoms with E-state index in [-0.39, 0.29) is 23.3 Å². The number of rotatable bonds is 5. The van der Waals surface area contributed by atoms with Crippen LogP contribution in [-0.4, -0.2) is 60.0 Å². The van der Waals surface area contributed by atoms with Crippen molar-refractivity contribution in [2.75, 3.05) is 27.7 Å². The minimum absolute atomic E-state index is 0.107. The summed E-state index contributed by atoms with van der Waals surface area (Å²) >= 11 is 0. The molecular weight excluding hydrogens is 268 g/mol. The average Bonchev–Trinajstić information content (AvgIpc) is 2.41.